The summed E-state index contributed by atoms with van der Waals surface area (Å²) in [5.41, 5.74) is 0.494. The molecule has 134 valence electrons. The Labute approximate surface area is 148 Å². The number of carbonyl (C=O) groups excluding carboxylic acids is 1. The van der Waals surface area contributed by atoms with Crippen molar-refractivity contribution in [2.75, 3.05) is 6.61 Å². The molecule has 0 fully saturated rings. The first kappa shape index (κ1) is 18.7. The predicted molar refractivity (Wildman–Crippen MR) is 91.8 cm³/mol. The molecule has 0 aliphatic rings. The molecule has 0 saturated carbocycles. The molecular formula is C17H16N4O5. The maximum Gasteiger partial charge on any atom is 0.315 e. The Kier molecular flexibility index (Phi) is 5.37. The molecule has 26 heavy (non-hydrogen) atoms. The predicted octanol–water partition coefficient (Wildman–Crippen LogP) is 2.76. The van der Waals surface area contributed by atoms with Gasteiger partial charge in [-0.3, -0.25) is 14.9 Å². The average Bonchev–Trinajstić information content (AvgIpc) is 2.92. The van der Waals surface area contributed by atoms with Crippen molar-refractivity contribution in [3.8, 4) is 17.6 Å². The first-order valence-corrected chi connectivity index (χ1v) is 7.62. The fourth-order valence-electron chi connectivity index (χ4n) is 2.36. The lowest BCUT2D eigenvalue weighted by Gasteiger charge is -2.08. The van der Waals surface area contributed by atoms with E-state index in [0.717, 1.165) is 10.7 Å². The monoisotopic (exact) mass is 356 g/mol. The number of nitriles is 1. The first-order chi connectivity index (χ1) is 12.3. The van der Waals surface area contributed by atoms with Gasteiger partial charge in [-0.1, -0.05) is 0 Å². The third-order valence-corrected chi connectivity index (χ3v) is 3.44. The summed E-state index contributed by atoms with van der Waals surface area (Å²) in [6.07, 6.45) is 1.19. The number of allylic oxidation sites excluding steroid dienone is 1. The standard InChI is InChI=1S/C17H16N4O5/c1-4-26-15-8-12(7-14(16(15)22)21(24)25)6-13(9-18)17(23)20-11(3)5-10(2)19-20/h5-8,22H,4H2,1-3H3/b13-6+. The molecule has 1 aromatic carbocycles. The molecule has 0 aliphatic heterocycles. The SMILES string of the molecule is CCOc1cc(/C=C(\C#N)C(=O)n2nc(C)cc2C)cc([N+](=O)[O-])c1O. The number of carbonyl (C=O) groups is 1. The molecule has 2 aromatic rings. The van der Waals surface area contributed by atoms with E-state index in [1.54, 1.807) is 32.9 Å². The highest BCUT2D eigenvalue weighted by atomic mass is 16.6. The number of hydrogen-bond acceptors (Lipinski definition) is 7. The van der Waals surface area contributed by atoms with Crippen LogP contribution in [0.4, 0.5) is 5.69 Å². The van der Waals surface area contributed by atoms with Crippen LogP contribution in [0, 0.1) is 35.3 Å². The smallest absolute Gasteiger partial charge is 0.315 e. The minimum absolute atomic E-state index is 0.108. The van der Waals surface area contributed by atoms with E-state index in [2.05, 4.69) is 5.10 Å². The van der Waals surface area contributed by atoms with Crippen LogP contribution >= 0.6 is 0 Å². The van der Waals surface area contributed by atoms with Crippen molar-refractivity contribution in [3.05, 3.63) is 50.8 Å². The van der Waals surface area contributed by atoms with Gasteiger partial charge >= 0.3 is 5.69 Å². The summed E-state index contributed by atoms with van der Waals surface area (Å²) in [6, 6.07) is 5.84. The van der Waals surface area contributed by atoms with Crippen molar-refractivity contribution in [2.24, 2.45) is 0 Å². The van der Waals surface area contributed by atoms with Gasteiger partial charge in [0, 0.05) is 11.8 Å². The van der Waals surface area contributed by atoms with Crippen molar-refractivity contribution in [1.82, 2.24) is 9.78 Å². The Morgan fingerprint density at radius 3 is 2.65 bits per heavy atom. The fourth-order valence-corrected chi connectivity index (χ4v) is 2.36. The van der Waals surface area contributed by atoms with Gasteiger partial charge in [0.2, 0.25) is 5.75 Å². The van der Waals surface area contributed by atoms with Crippen LogP contribution in [0.15, 0.2) is 23.8 Å². The summed E-state index contributed by atoms with van der Waals surface area (Å²) < 4.78 is 6.27. The molecule has 0 unspecified atom stereocenters. The molecule has 0 amide bonds. The number of hydrogen-bond donors (Lipinski definition) is 1. The zero-order valence-corrected chi connectivity index (χ0v) is 14.4. The highest BCUT2D eigenvalue weighted by Crippen LogP contribution is 2.37. The van der Waals surface area contributed by atoms with Crippen molar-refractivity contribution in [2.45, 2.75) is 20.8 Å². The number of aromatic nitrogens is 2. The summed E-state index contributed by atoms with van der Waals surface area (Å²) in [7, 11) is 0. The van der Waals surface area contributed by atoms with Crippen LogP contribution in [0.1, 0.15) is 28.7 Å². The molecule has 0 atom stereocenters. The highest BCUT2D eigenvalue weighted by molar-refractivity contribution is 6.03. The van der Waals surface area contributed by atoms with E-state index in [9.17, 15) is 25.3 Å². The van der Waals surface area contributed by atoms with Gasteiger partial charge in [-0.2, -0.15) is 10.4 Å². The van der Waals surface area contributed by atoms with Crippen molar-refractivity contribution < 1.29 is 19.6 Å². The molecule has 1 N–H and O–H groups in total. The molecule has 0 saturated heterocycles. The number of aryl methyl sites for hydroxylation is 2. The fraction of sp³-hybridized carbons (Fsp3) is 0.235. The second-order valence-corrected chi connectivity index (χ2v) is 5.39. The van der Waals surface area contributed by atoms with E-state index in [1.165, 1.54) is 12.1 Å². The van der Waals surface area contributed by atoms with Crippen LogP contribution in [0.25, 0.3) is 6.08 Å². The summed E-state index contributed by atoms with van der Waals surface area (Å²) >= 11 is 0. The second kappa shape index (κ2) is 7.48. The Balaban J connectivity index is 2.55. The molecule has 0 spiro atoms. The molecule has 9 nitrogen and oxygen atoms in total. The maximum atomic E-state index is 12.5. The molecule has 0 bridgehead atoms. The average molecular weight is 356 g/mol. The van der Waals surface area contributed by atoms with E-state index >= 15 is 0 Å². The van der Waals surface area contributed by atoms with Gasteiger partial charge in [0.15, 0.2) is 5.75 Å². The summed E-state index contributed by atoms with van der Waals surface area (Å²) in [5.74, 6) is -1.38. The first-order valence-electron chi connectivity index (χ1n) is 7.62. The molecular weight excluding hydrogens is 340 g/mol. The summed E-state index contributed by atoms with van der Waals surface area (Å²) in [5, 5.41) is 34.4. The van der Waals surface area contributed by atoms with Gasteiger partial charge in [0.25, 0.3) is 5.91 Å². The number of phenolic OH excluding ortho intramolecular Hbond substituents is 1. The number of nitro benzene ring substituents is 1. The van der Waals surface area contributed by atoms with Crippen molar-refractivity contribution in [1.29, 1.82) is 5.26 Å². The molecule has 1 heterocycles. The van der Waals surface area contributed by atoms with Gasteiger partial charge in [-0.15, -0.1) is 0 Å². The van der Waals surface area contributed by atoms with Crippen LogP contribution < -0.4 is 4.74 Å². The molecule has 9 heteroatoms. The van der Waals surface area contributed by atoms with E-state index in [4.69, 9.17) is 4.74 Å². The van der Waals surface area contributed by atoms with Crippen LogP contribution in [0.2, 0.25) is 0 Å². The van der Waals surface area contributed by atoms with Crippen LogP contribution in [-0.4, -0.2) is 32.3 Å². The topological polar surface area (TPSA) is 131 Å². The summed E-state index contributed by atoms with van der Waals surface area (Å²) in [6.45, 7) is 5.21. The number of aromatic hydroxyl groups is 1. The molecule has 1 aromatic heterocycles. The highest BCUT2D eigenvalue weighted by Gasteiger charge is 2.21. The zero-order valence-electron chi connectivity index (χ0n) is 14.4. The third-order valence-electron chi connectivity index (χ3n) is 3.44. The minimum Gasteiger partial charge on any atom is -0.500 e. The maximum absolute atomic E-state index is 12.5. The van der Waals surface area contributed by atoms with E-state index in [0.29, 0.717) is 11.4 Å². The summed E-state index contributed by atoms with van der Waals surface area (Å²) in [4.78, 5) is 22.8. The minimum atomic E-state index is -0.774. The number of nitrogens with zero attached hydrogens (tertiary/aromatic N) is 4. The van der Waals surface area contributed by atoms with Gasteiger partial charge in [-0.05, 0) is 44.5 Å². The van der Waals surface area contributed by atoms with Gasteiger partial charge in [0.1, 0.15) is 11.6 Å². The third kappa shape index (κ3) is 3.70. The van der Waals surface area contributed by atoms with Crippen molar-refractivity contribution >= 4 is 17.7 Å². The number of benzene rings is 1. The molecule has 0 aliphatic carbocycles. The number of nitro groups is 1. The lowest BCUT2D eigenvalue weighted by atomic mass is 10.1. The van der Waals surface area contributed by atoms with Crippen LogP contribution in [0.5, 0.6) is 11.5 Å². The number of rotatable bonds is 5. The Hall–Kier alpha value is -3.67. The van der Waals surface area contributed by atoms with Gasteiger partial charge in [-0.25, -0.2) is 4.68 Å². The molecule has 2 rings (SSSR count). The van der Waals surface area contributed by atoms with E-state index in [1.807, 2.05) is 0 Å². The van der Waals surface area contributed by atoms with E-state index in [-0.39, 0.29) is 23.5 Å². The normalized spacial score (nSPS) is 11.1. The van der Waals surface area contributed by atoms with E-state index < -0.39 is 22.3 Å². The largest absolute Gasteiger partial charge is 0.500 e. The van der Waals surface area contributed by atoms with Crippen LogP contribution in [-0.2, 0) is 0 Å². The Morgan fingerprint density at radius 1 is 1.46 bits per heavy atom. The number of phenols is 1. The van der Waals surface area contributed by atoms with Gasteiger partial charge < -0.3 is 9.84 Å². The molecule has 0 radical (unpaired) electrons. The Bertz CT molecular complexity index is 953. The lowest BCUT2D eigenvalue weighted by molar-refractivity contribution is -0.386. The zero-order chi connectivity index (χ0) is 19.4. The second-order valence-electron chi connectivity index (χ2n) is 5.39. The van der Waals surface area contributed by atoms with Crippen molar-refractivity contribution in [3.63, 3.8) is 0 Å². The lowest BCUT2D eigenvalue weighted by Crippen LogP contribution is -2.15. The number of ether oxygens (including phenoxy) is 1. The van der Waals surface area contributed by atoms with Gasteiger partial charge in [0.05, 0.1) is 17.2 Å². The van der Waals surface area contributed by atoms with Crippen LogP contribution in [0.3, 0.4) is 0 Å². The Morgan fingerprint density at radius 2 is 2.15 bits per heavy atom. The quantitative estimate of drug-likeness (QED) is 0.377.